The highest BCUT2D eigenvalue weighted by molar-refractivity contribution is 5.10. The summed E-state index contributed by atoms with van der Waals surface area (Å²) in [6.07, 6.45) is 3.61. The van der Waals surface area contributed by atoms with E-state index in [1.54, 1.807) is 7.11 Å². The van der Waals surface area contributed by atoms with Gasteiger partial charge in [-0.15, -0.1) is 0 Å². The average Bonchev–Trinajstić information content (AvgIpc) is 3.00. The van der Waals surface area contributed by atoms with Crippen LogP contribution in [0.1, 0.15) is 44.3 Å². The molecule has 3 heterocycles. The lowest BCUT2D eigenvalue weighted by atomic mass is 9.81. The van der Waals surface area contributed by atoms with Crippen LogP contribution in [0.15, 0.2) is 4.52 Å². The predicted molar refractivity (Wildman–Crippen MR) is 72.5 cm³/mol. The summed E-state index contributed by atoms with van der Waals surface area (Å²) in [5.41, 5.74) is -0.458. The molecule has 2 aliphatic heterocycles. The first-order valence-electron chi connectivity index (χ1n) is 7.37. The van der Waals surface area contributed by atoms with E-state index in [9.17, 15) is 0 Å². The van der Waals surface area contributed by atoms with Crippen molar-refractivity contribution >= 4 is 0 Å². The van der Waals surface area contributed by atoms with Crippen molar-refractivity contribution in [3.8, 4) is 0 Å². The maximum Gasteiger partial charge on any atom is 0.232 e. The SMILES string of the molecule is COC1(c2noc(C3(C)CCNCC3)n2)CCOCC1. The zero-order valence-electron chi connectivity index (χ0n) is 12.3. The third kappa shape index (κ3) is 2.36. The number of rotatable bonds is 3. The number of methoxy groups -OCH3 is 1. The van der Waals surface area contributed by atoms with Gasteiger partial charge in [0, 0.05) is 38.6 Å². The summed E-state index contributed by atoms with van der Waals surface area (Å²) < 4.78 is 16.7. The fourth-order valence-electron chi connectivity index (χ4n) is 3.07. The summed E-state index contributed by atoms with van der Waals surface area (Å²) in [5, 5.41) is 7.58. The molecule has 0 aliphatic carbocycles. The van der Waals surface area contributed by atoms with Crippen LogP contribution in [0.3, 0.4) is 0 Å². The Morgan fingerprint density at radius 2 is 1.85 bits per heavy atom. The minimum atomic E-state index is -0.441. The Morgan fingerprint density at radius 3 is 2.50 bits per heavy atom. The van der Waals surface area contributed by atoms with Crippen LogP contribution in [0, 0.1) is 0 Å². The first kappa shape index (κ1) is 14.0. The molecule has 0 spiro atoms. The normalized spacial score (nSPS) is 25.5. The van der Waals surface area contributed by atoms with Crippen molar-refractivity contribution in [2.24, 2.45) is 0 Å². The molecule has 0 unspecified atom stereocenters. The lowest BCUT2D eigenvalue weighted by Crippen LogP contribution is -2.39. The molecule has 2 aliphatic rings. The minimum Gasteiger partial charge on any atom is -0.381 e. The zero-order chi connectivity index (χ0) is 14.1. The summed E-state index contributed by atoms with van der Waals surface area (Å²) in [7, 11) is 1.72. The molecule has 20 heavy (non-hydrogen) atoms. The van der Waals surface area contributed by atoms with Gasteiger partial charge in [-0.1, -0.05) is 12.1 Å². The Kier molecular flexibility index (Phi) is 3.79. The molecule has 2 saturated heterocycles. The van der Waals surface area contributed by atoms with E-state index in [4.69, 9.17) is 14.0 Å². The van der Waals surface area contributed by atoms with Crippen LogP contribution in [0.4, 0.5) is 0 Å². The molecular weight excluding hydrogens is 258 g/mol. The standard InChI is InChI=1S/C14H23N3O3/c1-13(3-7-15-8-4-13)12-16-11(17-20-12)14(18-2)5-9-19-10-6-14/h15H,3-10H2,1-2H3. The number of ether oxygens (including phenoxy) is 2. The Morgan fingerprint density at radius 1 is 1.15 bits per heavy atom. The third-order valence-corrected chi connectivity index (χ3v) is 4.75. The molecule has 0 amide bonds. The Labute approximate surface area is 119 Å². The molecule has 0 bridgehead atoms. The Balaban J connectivity index is 1.85. The second kappa shape index (κ2) is 5.42. The summed E-state index contributed by atoms with van der Waals surface area (Å²) in [4.78, 5) is 4.69. The highest BCUT2D eigenvalue weighted by Crippen LogP contribution is 2.37. The van der Waals surface area contributed by atoms with Gasteiger partial charge in [-0.3, -0.25) is 0 Å². The highest BCUT2D eigenvalue weighted by atomic mass is 16.5. The largest absolute Gasteiger partial charge is 0.381 e. The van der Waals surface area contributed by atoms with Crippen LogP contribution >= 0.6 is 0 Å². The molecule has 0 atom stereocenters. The molecule has 0 radical (unpaired) electrons. The van der Waals surface area contributed by atoms with Crippen LogP contribution in [0.2, 0.25) is 0 Å². The number of nitrogens with one attached hydrogen (secondary N) is 1. The van der Waals surface area contributed by atoms with Crippen molar-refractivity contribution in [1.82, 2.24) is 15.5 Å². The van der Waals surface area contributed by atoms with Crippen molar-refractivity contribution in [2.45, 2.75) is 43.6 Å². The lowest BCUT2D eigenvalue weighted by Gasteiger charge is -2.33. The van der Waals surface area contributed by atoms with Crippen molar-refractivity contribution in [3.63, 3.8) is 0 Å². The van der Waals surface area contributed by atoms with Gasteiger partial charge in [0.15, 0.2) is 0 Å². The van der Waals surface area contributed by atoms with Crippen LogP contribution in [-0.2, 0) is 20.5 Å². The fraction of sp³-hybridized carbons (Fsp3) is 0.857. The minimum absolute atomic E-state index is 0.0173. The van der Waals surface area contributed by atoms with E-state index in [1.807, 2.05) is 0 Å². The van der Waals surface area contributed by atoms with Gasteiger partial charge in [-0.2, -0.15) is 4.98 Å². The van der Waals surface area contributed by atoms with Gasteiger partial charge in [0.2, 0.25) is 11.7 Å². The summed E-state index contributed by atoms with van der Waals surface area (Å²) >= 11 is 0. The number of piperidine rings is 1. The van der Waals surface area contributed by atoms with Crippen LogP contribution in [0.25, 0.3) is 0 Å². The molecule has 6 nitrogen and oxygen atoms in total. The average molecular weight is 281 g/mol. The Hall–Kier alpha value is -0.980. The maximum atomic E-state index is 5.72. The van der Waals surface area contributed by atoms with Crippen LogP contribution in [0.5, 0.6) is 0 Å². The van der Waals surface area contributed by atoms with E-state index >= 15 is 0 Å². The maximum absolute atomic E-state index is 5.72. The van der Waals surface area contributed by atoms with Gasteiger partial charge in [0.1, 0.15) is 5.60 Å². The zero-order valence-corrected chi connectivity index (χ0v) is 12.3. The van der Waals surface area contributed by atoms with E-state index in [1.165, 1.54) is 0 Å². The van der Waals surface area contributed by atoms with E-state index in [2.05, 4.69) is 22.4 Å². The van der Waals surface area contributed by atoms with Gasteiger partial charge >= 0.3 is 0 Å². The summed E-state index contributed by atoms with van der Waals surface area (Å²) in [6.45, 7) is 5.56. The number of hydrogen-bond acceptors (Lipinski definition) is 6. The second-order valence-electron chi connectivity index (χ2n) is 6.04. The molecule has 1 N–H and O–H groups in total. The third-order valence-electron chi connectivity index (χ3n) is 4.75. The first-order chi connectivity index (χ1) is 9.69. The topological polar surface area (TPSA) is 69.4 Å². The molecular formula is C14H23N3O3. The van der Waals surface area contributed by atoms with Gasteiger partial charge in [0.05, 0.1) is 0 Å². The summed E-state index contributed by atoms with van der Waals surface area (Å²) in [5.74, 6) is 1.43. The van der Waals surface area contributed by atoms with E-state index in [0.717, 1.165) is 44.7 Å². The molecule has 0 saturated carbocycles. The van der Waals surface area contributed by atoms with Gasteiger partial charge in [-0.25, -0.2) is 0 Å². The van der Waals surface area contributed by atoms with E-state index < -0.39 is 5.60 Å². The number of hydrogen-bond donors (Lipinski definition) is 1. The quantitative estimate of drug-likeness (QED) is 0.902. The van der Waals surface area contributed by atoms with Crippen LogP contribution < -0.4 is 5.32 Å². The monoisotopic (exact) mass is 281 g/mol. The predicted octanol–water partition coefficient (Wildman–Crippen LogP) is 1.36. The first-order valence-corrected chi connectivity index (χ1v) is 7.37. The fourth-order valence-corrected chi connectivity index (χ4v) is 3.07. The Bertz CT molecular complexity index is 448. The molecule has 3 rings (SSSR count). The van der Waals surface area contributed by atoms with Crippen molar-refractivity contribution in [3.05, 3.63) is 11.7 Å². The van der Waals surface area contributed by atoms with Crippen LogP contribution in [-0.4, -0.2) is 43.6 Å². The molecule has 1 aromatic heterocycles. The van der Waals surface area contributed by atoms with E-state index in [-0.39, 0.29) is 5.41 Å². The summed E-state index contributed by atoms with van der Waals surface area (Å²) in [6, 6.07) is 0. The smallest absolute Gasteiger partial charge is 0.232 e. The second-order valence-corrected chi connectivity index (χ2v) is 6.04. The lowest BCUT2D eigenvalue weighted by molar-refractivity contribution is -0.101. The van der Waals surface area contributed by atoms with Crippen molar-refractivity contribution in [2.75, 3.05) is 33.4 Å². The molecule has 2 fully saturated rings. The molecule has 6 heteroatoms. The highest BCUT2D eigenvalue weighted by Gasteiger charge is 2.42. The van der Waals surface area contributed by atoms with Gasteiger partial charge < -0.3 is 19.3 Å². The molecule has 112 valence electrons. The van der Waals surface area contributed by atoms with Gasteiger partial charge in [-0.05, 0) is 25.9 Å². The van der Waals surface area contributed by atoms with Crippen molar-refractivity contribution in [1.29, 1.82) is 0 Å². The van der Waals surface area contributed by atoms with Crippen molar-refractivity contribution < 1.29 is 14.0 Å². The number of aromatic nitrogens is 2. The number of nitrogens with zero attached hydrogens (tertiary/aromatic N) is 2. The molecule has 0 aromatic carbocycles. The van der Waals surface area contributed by atoms with Gasteiger partial charge in [0.25, 0.3) is 0 Å². The van der Waals surface area contributed by atoms with E-state index in [0.29, 0.717) is 19.0 Å². The molecule has 1 aromatic rings.